The monoisotopic (exact) mass is 281 g/mol. The van der Waals surface area contributed by atoms with Crippen molar-refractivity contribution in [2.45, 2.75) is 6.92 Å². The Bertz CT molecular complexity index is 554. The van der Waals surface area contributed by atoms with E-state index in [2.05, 4.69) is 0 Å². The molecule has 1 aliphatic rings. The Morgan fingerprint density at radius 3 is 2.67 bits per heavy atom. The number of hydrogen-bond acceptors (Lipinski definition) is 5. The fourth-order valence-corrected chi connectivity index (χ4v) is 2.94. The topological polar surface area (TPSA) is 60.8 Å². The Morgan fingerprint density at radius 2 is 2.11 bits per heavy atom. The van der Waals surface area contributed by atoms with Gasteiger partial charge in [0.15, 0.2) is 11.5 Å². The van der Waals surface area contributed by atoms with Gasteiger partial charge in [-0.3, -0.25) is 9.69 Å². The van der Waals surface area contributed by atoms with Crippen molar-refractivity contribution in [1.29, 1.82) is 0 Å². The summed E-state index contributed by atoms with van der Waals surface area (Å²) in [5.74, 6) is -0.525. The first-order valence-electron chi connectivity index (χ1n) is 5.30. The van der Waals surface area contributed by atoms with Gasteiger partial charge in [-0.25, -0.2) is 0 Å². The number of benzene rings is 1. The first-order valence-corrected chi connectivity index (χ1v) is 6.52. The number of likely N-dealkylation sites (N-methyl/N-ethyl adjacent to an activating group) is 1. The lowest BCUT2D eigenvalue weighted by Crippen LogP contribution is -2.27. The summed E-state index contributed by atoms with van der Waals surface area (Å²) in [5, 5.41) is 18.6. The lowest BCUT2D eigenvalue weighted by atomic mass is 10.2. The van der Waals surface area contributed by atoms with Crippen LogP contribution in [0, 0.1) is 0 Å². The number of rotatable bonds is 2. The van der Waals surface area contributed by atoms with Gasteiger partial charge >= 0.3 is 0 Å². The fraction of sp³-hybridized carbons (Fsp3) is 0.167. The van der Waals surface area contributed by atoms with E-state index >= 15 is 0 Å². The number of carbonyl (C=O) groups is 1. The summed E-state index contributed by atoms with van der Waals surface area (Å²) >= 11 is 6.33. The second-order valence-corrected chi connectivity index (χ2v) is 5.35. The summed E-state index contributed by atoms with van der Waals surface area (Å²) in [6.45, 7) is 2.41. The van der Waals surface area contributed by atoms with Gasteiger partial charge in [-0.2, -0.15) is 0 Å². The molecule has 2 rings (SSSR count). The minimum absolute atomic E-state index is 0.125. The van der Waals surface area contributed by atoms with Crippen LogP contribution in [0.2, 0.25) is 0 Å². The lowest BCUT2D eigenvalue weighted by molar-refractivity contribution is -0.121. The highest BCUT2D eigenvalue weighted by molar-refractivity contribution is 8.26. The van der Waals surface area contributed by atoms with E-state index in [1.165, 1.54) is 28.8 Å². The summed E-state index contributed by atoms with van der Waals surface area (Å²) in [4.78, 5) is 14.0. The van der Waals surface area contributed by atoms with Crippen LogP contribution in [0.3, 0.4) is 0 Å². The molecule has 6 heteroatoms. The number of carbonyl (C=O) groups excluding carboxylic acids is 1. The van der Waals surface area contributed by atoms with E-state index in [0.29, 0.717) is 21.3 Å². The lowest BCUT2D eigenvalue weighted by Gasteiger charge is -2.09. The van der Waals surface area contributed by atoms with E-state index in [1.807, 2.05) is 6.92 Å². The van der Waals surface area contributed by atoms with E-state index in [0.717, 1.165) is 0 Å². The molecule has 1 aliphatic heterocycles. The number of aromatic hydroxyl groups is 2. The third-order valence-electron chi connectivity index (χ3n) is 2.49. The zero-order valence-electron chi connectivity index (χ0n) is 9.58. The van der Waals surface area contributed by atoms with Crippen molar-refractivity contribution in [2.75, 3.05) is 6.54 Å². The van der Waals surface area contributed by atoms with E-state index in [9.17, 15) is 15.0 Å². The molecule has 1 aromatic carbocycles. The third-order valence-corrected chi connectivity index (χ3v) is 3.86. The molecule has 1 fully saturated rings. The fourth-order valence-electron chi connectivity index (χ4n) is 1.55. The zero-order chi connectivity index (χ0) is 13.3. The molecule has 0 aromatic heterocycles. The van der Waals surface area contributed by atoms with Gasteiger partial charge in [0.05, 0.1) is 4.91 Å². The Kier molecular flexibility index (Phi) is 3.58. The molecule has 0 saturated carbocycles. The van der Waals surface area contributed by atoms with E-state index in [1.54, 1.807) is 12.1 Å². The molecule has 0 aliphatic carbocycles. The number of nitrogens with zero attached hydrogens (tertiary/aromatic N) is 1. The van der Waals surface area contributed by atoms with Crippen molar-refractivity contribution in [2.24, 2.45) is 0 Å². The molecular formula is C12H11NO3S2. The predicted molar refractivity (Wildman–Crippen MR) is 75.3 cm³/mol. The van der Waals surface area contributed by atoms with Crippen LogP contribution in [0.15, 0.2) is 23.1 Å². The summed E-state index contributed by atoms with van der Waals surface area (Å²) in [6.07, 6.45) is 1.65. The van der Waals surface area contributed by atoms with Crippen LogP contribution in [0.25, 0.3) is 6.08 Å². The molecule has 1 saturated heterocycles. The van der Waals surface area contributed by atoms with E-state index in [-0.39, 0.29) is 17.4 Å². The van der Waals surface area contributed by atoms with Crippen LogP contribution < -0.4 is 0 Å². The average molecular weight is 281 g/mol. The maximum absolute atomic E-state index is 11.9. The number of thioether (sulfide) groups is 1. The number of thiocarbonyl (C=S) groups is 1. The number of phenols is 2. The molecule has 1 heterocycles. The molecule has 1 amide bonds. The predicted octanol–water partition coefficient (Wildman–Crippen LogP) is 2.32. The second-order valence-electron chi connectivity index (χ2n) is 3.67. The second kappa shape index (κ2) is 4.99. The highest BCUT2D eigenvalue weighted by Gasteiger charge is 2.30. The van der Waals surface area contributed by atoms with Gasteiger partial charge < -0.3 is 10.2 Å². The SMILES string of the molecule is CCN1C(=O)/C(=C/c2ccc(O)c(O)c2)SC1=S. The Labute approximate surface area is 114 Å². The normalized spacial score (nSPS) is 17.8. The molecule has 0 unspecified atom stereocenters. The van der Waals surface area contributed by atoms with Gasteiger partial charge in [-0.15, -0.1) is 0 Å². The van der Waals surface area contributed by atoms with Crippen LogP contribution >= 0.6 is 24.0 Å². The highest BCUT2D eigenvalue weighted by atomic mass is 32.2. The van der Waals surface area contributed by atoms with Crippen molar-refractivity contribution < 1.29 is 15.0 Å². The standard InChI is InChI=1S/C12H11NO3S2/c1-2-13-11(16)10(18-12(13)17)6-7-3-4-8(14)9(15)5-7/h3-6,14-15H,2H2,1H3/b10-6-. The van der Waals surface area contributed by atoms with Gasteiger partial charge in [-0.1, -0.05) is 30.0 Å². The van der Waals surface area contributed by atoms with Gasteiger partial charge in [0.2, 0.25) is 0 Å². The molecule has 18 heavy (non-hydrogen) atoms. The number of hydrogen-bond donors (Lipinski definition) is 2. The summed E-state index contributed by atoms with van der Waals surface area (Å²) in [7, 11) is 0. The van der Waals surface area contributed by atoms with Crippen LogP contribution in [0.4, 0.5) is 0 Å². The van der Waals surface area contributed by atoms with Crippen LogP contribution in [-0.2, 0) is 4.79 Å². The quantitative estimate of drug-likeness (QED) is 0.495. The molecule has 4 nitrogen and oxygen atoms in total. The van der Waals surface area contributed by atoms with E-state index < -0.39 is 0 Å². The van der Waals surface area contributed by atoms with E-state index in [4.69, 9.17) is 12.2 Å². The molecule has 0 bridgehead atoms. The maximum Gasteiger partial charge on any atom is 0.266 e. The molecule has 0 radical (unpaired) electrons. The Hall–Kier alpha value is -1.53. The van der Waals surface area contributed by atoms with Crippen LogP contribution in [0.5, 0.6) is 11.5 Å². The summed E-state index contributed by atoms with van der Waals surface area (Å²) in [5.41, 5.74) is 0.641. The number of amides is 1. The smallest absolute Gasteiger partial charge is 0.266 e. The first-order chi connectivity index (χ1) is 8.52. The van der Waals surface area contributed by atoms with Crippen LogP contribution in [0.1, 0.15) is 12.5 Å². The van der Waals surface area contributed by atoms with Crippen molar-refractivity contribution in [3.63, 3.8) is 0 Å². The average Bonchev–Trinajstić information content (AvgIpc) is 2.59. The zero-order valence-corrected chi connectivity index (χ0v) is 11.2. The van der Waals surface area contributed by atoms with Crippen molar-refractivity contribution in [3.8, 4) is 11.5 Å². The van der Waals surface area contributed by atoms with Crippen molar-refractivity contribution >= 4 is 40.3 Å². The van der Waals surface area contributed by atoms with Gasteiger partial charge in [0.25, 0.3) is 5.91 Å². The van der Waals surface area contributed by atoms with Crippen molar-refractivity contribution in [1.82, 2.24) is 4.90 Å². The maximum atomic E-state index is 11.9. The molecular weight excluding hydrogens is 270 g/mol. The minimum atomic E-state index is -0.213. The Morgan fingerprint density at radius 1 is 1.39 bits per heavy atom. The third kappa shape index (κ3) is 2.34. The summed E-state index contributed by atoms with van der Waals surface area (Å²) < 4.78 is 0.539. The Balaban J connectivity index is 2.32. The minimum Gasteiger partial charge on any atom is -0.504 e. The molecule has 0 spiro atoms. The molecule has 1 aromatic rings. The van der Waals surface area contributed by atoms with Crippen LogP contribution in [-0.4, -0.2) is 31.9 Å². The first kappa shape index (κ1) is 12.9. The highest BCUT2D eigenvalue weighted by Crippen LogP contribution is 2.33. The molecule has 94 valence electrons. The summed E-state index contributed by atoms with van der Waals surface area (Å²) in [6, 6.07) is 4.39. The molecule has 0 atom stereocenters. The molecule has 2 N–H and O–H groups in total. The van der Waals surface area contributed by atoms with Crippen molar-refractivity contribution in [3.05, 3.63) is 28.7 Å². The van der Waals surface area contributed by atoms with Gasteiger partial charge in [-0.05, 0) is 30.7 Å². The van der Waals surface area contributed by atoms with Gasteiger partial charge in [0, 0.05) is 6.54 Å². The van der Waals surface area contributed by atoms with Gasteiger partial charge in [0.1, 0.15) is 4.32 Å². The largest absolute Gasteiger partial charge is 0.504 e. The number of phenolic OH excluding ortho intramolecular Hbond substituents is 2.